The van der Waals surface area contributed by atoms with E-state index in [2.05, 4.69) is 15.1 Å². The summed E-state index contributed by atoms with van der Waals surface area (Å²) in [5.74, 6) is 0.107. The molecule has 2 unspecified atom stereocenters. The molecule has 1 aromatic heterocycles. The molecule has 0 spiro atoms. The van der Waals surface area contributed by atoms with Gasteiger partial charge in [0.1, 0.15) is 5.60 Å². The predicted molar refractivity (Wildman–Crippen MR) is 149 cm³/mol. The van der Waals surface area contributed by atoms with Gasteiger partial charge >= 0.3 is 18.4 Å². The Hall–Kier alpha value is -3.58. The third-order valence-corrected chi connectivity index (χ3v) is 7.47. The SMILES string of the molecule is C[C@@H]1CC(N(Cc2cc(C(F)(F)F)cc(C(F)(F)F)c2)c2ncc(C3C=NN(C)C3)cn2)C[C@H](C)N1C(=O)OC(C)(C)C. The van der Waals surface area contributed by atoms with E-state index in [0.717, 1.165) is 17.7 Å². The van der Waals surface area contributed by atoms with Crippen molar-refractivity contribution in [2.45, 2.75) is 96.0 Å². The van der Waals surface area contributed by atoms with Crippen molar-refractivity contribution < 1.29 is 35.9 Å². The van der Waals surface area contributed by atoms with Crippen LogP contribution in [0.5, 0.6) is 0 Å². The first-order chi connectivity index (χ1) is 19.8. The maximum atomic E-state index is 13.6. The monoisotopic (exact) mass is 614 g/mol. The molecule has 4 atom stereocenters. The summed E-state index contributed by atoms with van der Waals surface area (Å²) < 4.78 is 87.4. The number of halogens is 6. The highest BCUT2D eigenvalue weighted by atomic mass is 19.4. The molecular weight excluding hydrogens is 578 g/mol. The Morgan fingerprint density at radius 2 is 1.49 bits per heavy atom. The minimum atomic E-state index is -4.98. The van der Waals surface area contributed by atoms with Crippen LogP contribution in [0.25, 0.3) is 0 Å². The van der Waals surface area contributed by atoms with Gasteiger partial charge in [-0.05, 0) is 76.8 Å². The number of aromatic nitrogens is 2. The number of amides is 1. The van der Waals surface area contributed by atoms with Crippen molar-refractivity contribution in [3.63, 3.8) is 0 Å². The number of carbonyl (C=O) groups excluding carboxylic acids is 1. The number of ether oxygens (including phenoxy) is 1. The number of hydrogen-bond acceptors (Lipinski definition) is 7. The number of hydrogen-bond donors (Lipinski definition) is 0. The molecule has 43 heavy (non-hydrogen) atoms. The zero-order valence-corrected chi connectivity index (χ0v) is 24.9. The zero-order chi connectivity index (χ0) is 31.9. The van der Waals surface area contributed by atoms with Gasteiger partial charge in [0.15, 0.2) is 0 Å². The lowest BCUT2D eigenvalue weighted by atomic mass is 9.91. The largest absolute Gasteiger partial charge is 0.444 e. The molecule has 236 valence electrons. The fraction of sp³-hybridized carbons (Fsp3) is 0.586. The Labute approximate surface area is 246 Å². The third-order valence-electron chi connectivity index (χ3n) is 7.47. The van der Waals surface area contributed by atoms with Crippen LogP contribution in [0, 0.1) is 0 Å². The Bertz CT molecular complexity index is 1280. The van der Waals surface area contributed by atoms with Crippen molar-refractivity contribution in [1.82, 2.24) is 19.9 Å². The van der Waals surface area contributed by atoms with Crippen LogP contribution in [0.15, 0.2) is 35.7 Å². The van der Waals surface area contributed by atoms with Crippen molar-refractivity contribution in [2.24, 2.45) is 5.10 Å². The Morgan fingerprint density at radius 1 is 0.953 bits per heavy atom. The molecule has 1 saturated heterocycles. The molecule has 1 aromatic carbocycles. The first kappa shape index (κ1) is 32.3. The van der Waals surface area contributed by atoms with Crippen LogP contribution < -0.4 is 4.90 Å². The van der Waals surface area contributed by atoms with Gasteiger partial charge in [0.25, 0.3) is 0 Å². The van der Waals surface area contributed by atoms with E-state index >= 15 is 0 Å². The number of piperidine rings is 1. The maximum absolute atomic E-state index is 13.6. The summed E-state index contributed by atoms with van der Waals surface area (Å²) in [6.45, 7) is 9.25. The van der Waals surface area contributed by atoms with Gasteiger partial charge in [0.2, 0.25) is 5.95 Å². The summed E-state index contributed by atoms with van der Waals surface area (Å²) in [6, 6.07) is 0.472. The number of alkyl halides is 6. The summed E-state index contributed by atoms with van der Waals surface area (Å²) in [5, 5.41) is 5.97. The van der Waals surface area contributed by atoms with Crippen molar-refractivity contribution in [1.29, 1.82) is 0 Å². The summed E-state index contributed by atoms with van der Waals surface area (Å²) >= 11 is 0. The molecule has 14 heteroatoms. The van der Waals surface area contributed by atoms with Gasteiger partial charge in [-0.25, -0.2) is 14.8 Å². The molecule has 3 heterocycles. The second-order valence-electron chi connectivity index (χ2n) is 12.3. The normalized spacial score (nSPS) is 23.1. The number of likely N-dealkylation sites (tertiary alicyclic amines) is 1. The Morgan fingerprint density at radius 3 is 1.93 bits per heavy atom. The molecule has 8 nitrogen and oxygen atoms in total. The number of rotatable bonds is 5. The molecule has 0 aliphatic carbocycles. The van der Waals surface area contributed by atoms with Gasteiger partial charge in [-0.3, -0.25) is 5.01 Å². The van der Waals surface area contributed by atoms with Gasteiger partial charge in [-0.1, -0.05) is 0 Å². The Kier molecular flexibility index (Phi) is 8.90. The molecule has 0 saturated carbocycles. The summed E-state index contributed by atoms with van der Waals surface area (Å²) in [4.78, 5) is 25.2. The average Bonchev–Trinajstić information content (AvgIpc) is 3.31. The molecule has 1 amide bonds. The quantitative estimate of drug-likeness (QED) is 0.349. The number of nitrogens with zero attached hydrogens (tertiary/aromatic N) is 6. The summed E-state index contributed by atoms with van der Waals surface area (Å²) in [6.07, 6.45) is -4.77. The van der Waals surface area contributed by atoms with E-state index in [4.69, 9.17) is 4.74 Å². The van der Waals surface area contributed by atoms with E-state index in [1.807, 2.05) is 20.9 Å². The second-order valence-corrected chi connectivity index (χ2v) is 12.3. The first-order valence-electron chi connectivity index (χ1n) is 14.0. The number of benzene rings is 1. The molecule has 2 aromatic rings. The number of anilines is 1. The molecule has 0 bridgehead atoms. The second kappa shape index (κ2) is 11.8. The smallest absolute Gasteiger partial charge is 0.416 e. The van der Waals surface area contributed by atoms with Crippen LogP contribution in [0.2, 0.25) is 0 Å². The van der Waals surface area contributed by atoms with Gasteiger partial charge in [0.05, 0.1) is 11.1 Å². The lowest BCUT2D eigenvalue weighted by Gasteiger charge is -2.46. The minimum Gasteiger partial charge on any atom is -0.444 e. The summed E-state index contributed by atoms with van der Waals surface area (Å²) in [5.41, 5.74) is -2.90. The fourth-order valence-electron chi connectivity index (χ4n) is 5.58. The average molecular weight is 615 g/mol. The standard InChI is InChI=1S/C29H36F6N6O2/c1-17-7-24(8-18(2)41(17)26(42)43-27(3,4)5)40(25-36-12-20(13-37-25)21-14-38-39(6)16-21)15-19-9-22(28(30,31)32)11-23(10-19)29(33,34)35/h9-14,17-18,21,24H,7-8,15-16H2,1-6H3/t17-,18+,21?,24?. The van der Waals surface area contributed by atoms with Crippen LogP contribution in [-0.2, 0) is 23.6 Å². The van der Waals surface area contributed by atoms with Crippen molar-refractivity contribution >= 4 is 18.3 Å². The molecular formula is C29H36F6N6O2. The number of hydrazone groups is 1. The van der Waals surface area contributed by atoms with Crippen LogP contribution in [0.4, 0.5) is 37.1 Å². The van der Waals surface area contributed by atoms with Crippen molar-refractivity contribution in [3.8, 4) is 0 Å². The fourth-order valence-corrected chi connectivity index (χ4v) is 5.58. The Balaban J connectivity index is 1.70. The predicted octanol–water partition coefficient (Wildman–Crippen LogP) is 6.71. The van der Waals surface area contributed by atoms with E-state index < -0.39 is 41.2 Å². The van der Waals surface area contributed by atoms with E-state index in [0.29, 0.717) is 19.4 Å². The number of carbonyl (C=O) groups is 1. The van der Waals surface area contributed by atoms with E-state index in [1.54, 1.807) is 54.2 Å². The lowest BCUT2D eigenvalue weighted by molar-refractivity contribution is -0.143. The van der Waals surface area contributed by atoms with Crippen LogP contribution in [0.1, 0.15) is 75.6 Å². The first-order valence-corrected chi connectivity index (χ1v) is 14.0. The van der Waals surface area contributed by atoms with Crippen LogP contribution in [-0.4, -0.2) is 69.5 Å². The molecule has 4 rings (SSSR count). The molecule has 1 fully saturated rings. The lowest BCUT2D eigenvalue weighted by Crippen LogP contribution is -2.56. The molecule has 0 radical (unpaired) electrons. The van der Waals surface area contributed by atoms with E-state index in [1.165, 1.54) is 0 Å². The van der Waals surface area contributed by atoms with E-state index in [-0.39, 0.29) is 42.1 Å². The number of likely N-dealkylation sites (N-methyl/N-ethyl adjacent to an activating group) is 1. The van der Waals surface area contributed by atoms with E-state index in [9.17, 15) is 31.1 Å². The highest BCUT2D eigenvalue weighted by Crippen LogP contribution is 2.38. The highest BCUT2D eigenvalue weighted by molar-refractivity contribution is 5.70. The van der Waals surface area contributed by atoms with Gasteiger partial charge in [0, 0.05) is 62.8 Å². The van der Waals surface area contributed by atoms with Crippen LogP contribution in [0.3, 0.4) is 0 Å². The van der Waals surface area contributed by atoms with Gasteiger partial charge < -0.3 is 14.5 Å². The van der Waals surface area contributed by atoms with Crippen molar-refractivity contribution in [2.75, 3.05) is 18.5 Å². The zero-order valence-electron chi connectivity index (χ0n) is 24.9. The topological polar surface area (TPSA) is 74.2 Å². The maximum Gasteiger partial charge on any atom is 0.416 e. The van der Waals surface area contributed by atoms with Gasteiger partial charge in [-0.2, -0.15) is 31.4 Å². The summed E-state index contributed by atoms with van der Waals surface area (Å²) in [7, 11) is 1.82. The van der Waals surface area contributed by atoms with Crippen LogP contribution >= 0.6 is 0 Å². The highest BCUT2D eigenvalue weighted by Gasteiger charge is 2.41. The molecule has 2 aliphatic rings. The third kappa shape index (κ3) is 7.88. The van der Waals surface area contributed by atoms with Gasteiger partial charge in [-0.15, -0.1) is 0 Å². The minimum absolute atomic E-state index is 0.0533. The van der Waals surface area contributed by atoms with Crippen molar-refractivity contribution in [3.05, 3.63) is 52.8 Å². The molecule has 0 N–H and O–H groups in total. The molecule has 2 aliphatic heterocycles.